The van der Waals surface area contributed by atoms with Gasteiger partial charge in [-0.1, -0.05) is 39.0 Å². The van der Waals surface area contributed by atoms with E-state index < -0.39 is 5.79 Å². The maximum absolute atomic E-state index is 6.33. The predicted molar refractivity (Wildman–Crippen MR) is 103 cm³/mol. The molecule has 1 aliphatic heterocycles. The Morgan fingerprint density at radius 3 is 2.52 bits per heavy atom. The summed E-state index contributed by atoms with van der Waals surface area (Å²) in [6, 6.07) is 7.48. The highest BCUT2D eigenvalue weighted by molar-refractivity contribution is 5.79. The molecule has 1 aromatic carbocycles. The molecule has 0 amide bonds. The van der Waals surface area contributed by atoms with E-state index in [4.69, 9.17) is 11.5 Å². The van der Waals surface area contributed by atoms with Gasteiger partial charge in [-0.3, -0.25) is 11.2 Å². The maximum atomic E-state index is 6.33. The molecule has 0 bridgehead atoms. The first kappa shape index (κ1) is 18.2. The summed E-state index contributed by atoms with van der Waals surface area (Å²) in [6.45, 7) is 9.16. The number of hydrazine groups is 1. The second-order valence-corrected chi connectivity index (χ2v) is 8.53. The third-order valence-corrected chi connectivity index (χ3v) is 5.63. The van der Waals surface area contributed by atoms with Crippen molar-refractivity contribution in [2.24, 2.45) is 21.9 Å². The summed E-state index contributed by atoms with van der Waals surface area (Å²) < 4.78 is 0. The molecule has 25 heavy (non-hydrogen) atoms. The number of benzene rings is 1. The van der Waals surface area contributed by atoms with Crippen molar-refractivity contribution >= 4 is 5.96 Å². The highest BCUT2D eigenvalue weighted by atomic mass is 15.6. The Kier molecular flexibility index (Phi) is 4.79. The SMILES string of the molecule is CC(N[C@H]1CCc2ccc(C3(N)N=C(N)NN3)cc2CC1)C(C)(C)C. The summed E-state index contributed by atoms with van der Waals surface area (Å²) in [4.78, 5) is 4.28. The van der Waals surface area contributed by atoms with E-state index in [0.29, 0.717) is 18.0 Å². The van der Waals surface area contributed by atoms with E-state index in [9.17, 15) is 0 Å². The zero-order valence-electron chi connectivity index (χ0n) is 15.8. The molecule has 0 saturated carbocycles. The van der Waals surface area contributed by atoms with Crippen LogP contribution < -0.4 is 27.6 Å². The number of aliphatic imine (C=N–C) groups is 1. The molecule has 2 unspecified atom stereocenters. The van der Waals surface area contributed by atoms with E-state index in [2.05, 4.69) is 67.1 Å². The third-order valence-electron chi connectivity index (χ3n) is 5.63. The Morgan fingerprint density at radius 1 is 1.24 bits per heavy atom. The van der Waals surface area contributed by atoms with Crippen LogP contribution in [0.3, 0.4) is 0 Å². The van der Waals surface area contributed by atoms with Gasteiger partial charge in [0.2, 0.25) is 11.7 Å². The second-order valence-electron chi connectivity index (χ2n) is 8.53. The number of hydrogen-bond acceptors (Lipinski definition) is 6. The summed E-state index contributed by atoms with van der Waals surface area (Å²) in [6.07, 6.45) is 4.47. The zero-order valence-corrected chi connectivity index (χ0v) is 15.8. The van der Waals surface area contributed by atoms with Gasteiger partial charge in [-0.25, -0.2) is 4.99 Å². The maximum Gasteiger partial charge on any atom is 0.209 e. The molecule has 7 N–H and O–H groups in total. The Labute approximate surface area is 150 Å². The normalized spacial score (nSPS) is 27.9. The molecule has 6 nitrogen and oxygen atoms in total. The molecule has 0 aromatic heterocycles. The molecular weight excluding hydrogens is 312 g/mol. The van der Waals surface area contributed by atoms with E-state index in [-0.39, 0.29) is 5.41 Å². The summed E-state index contributed by atoms with van der Waals surface area (Å²) in [7, 11) is 0. The molecule has 3 rings (SSSR count). The van der Waals surface area contributed by atoms with E-state index in [0.717, 1.165) is 24.8 Å². The van der Waals surface area contributed by atoms with Gasteiger partial charge in [-0.15, -0.1) is 0 Å². The first-order valence-corrected chi connectivity index (χ1v) is 9.23. The van der Waals surface area contributed by atoms with E-state index in [1.807, 2.05) is 0 Å². The fourth-order valence-corrected chi connectivity index (χ4v) is 3.46. The first-order chi connectivity index (χ1) is 11.7. The molecule has 0 fully saturated rings. The van der Waals surface area contributed by atoms with Crippen molar-refractivity contribution in [2.75, 3.05) is 0 Å². The van der Waals surface area contributed by atoms with Gasteiger partial charge in [-0.05, 0) is 49.1 Å². The minimum Gasteiger partial charge on any atom is -0.369 e. The van der Waals surface area contributed by atoms with Gasteiger partial charge >= 0.3 is 0 Å². The lowest BCUT2D eigenvalue weighted by atomic mass is 9.87. The highest BCUT2D eigenvalue weighted by Gasteiger charge is 2.32. The van der Waals surface area contributed by atoms with Crippen LogP contribution in [0, 0.1) is 5.41 Å². The largest absolute Gasteiger partial charge is 0.369 e. The van der Waals surface area contributed by atoms with Crippen molar-refractivity contribution in [3.63, 3.8) is 0 Å². The molecule has 2 aliphatic rings. The standard InChI is InChI=1S/C19H32N6/c1-12(18(2,3)4)22-16-9-6-13-5-8-15(11-14(13)7-10-16)19(21)23-17(20)24-25-19/h5,8,11-12,16,22,25H,6-7,9-10,21H2,1-4H3,(H3,20,23,24)/t12?,16-,19?/m0/s1. The molecule has 1 aliphatic carbocycles. The molecule has 138 valence electrons. The summed E-state index contributed by atoms with van der Waals surface area (Å²) in [5, 5.41) is 3.83. The van der Waals surface area contributed by atoms with Crippen molar-refractivity contribution in [3.8, 4) is 0 Å². The molecule has 0 saturated heterocycles. The van der Waals surface area contributed by atoms with Crippen LogP contribution in [0.4, 0.5) is 0 Å². The Bertz CT molecular complexity index is 662. The molecular formula is C19H32N6. The van der Waals surface area contributed by atoms with Gasteiger partial charge in [0, 0.05) is 17.6 Å². The smallest absolute Gasteiger partial charge is 0.209 e. The Hall–Kier alpha value is -1.63. The average molecular weight is 345 g/mol. The highest BCUT2D eigenvalue weighted by Crippen LogP contribution is 2.28. The van der Waals surface area contributed by atoms with Crippen LogP contribution >= 0.6 is 0 Å². The molecule has 1 heterocycles. The summed E-state index contributed by atoms with van der Waals surface area (Å²) >= 11 is 0. The van der Waals surface area contributed by atoms with Gasteiger partial charge in [-0.2, -0.15) is 5.43 Å². The van der Waals surface area contributed by atoms with Crippen molar-refractivity contribution < 1.29 is 0 Å². The molecule has 6 heteroatoms. The van der Waals surface area contributed by atoms with Crippen LogP contribution in [-0.4, -0.2) is 18.0 Å². The van der Waals surface area contributed by atoms with Crippen molar-refractivity contribution in [1.82, 2.24) is 16.2 Å². The van der Waals surface area contributed by atoms with Gasteiger partial charge in [0.05, 0.1) is 0 Å². The van der Waals surface area contributed by atoms with Crippen LogP contribution in [0.2, 0.25) is 0 Å². The topological polar surface area (TPSA) is 100 Å². The quantitative estimate of drug-likeness (QED) is 0.534. The number of aryl methyl sites for hydroxylation is 2. The van der Waals surface area contributed by atoms with Crippen LogP contribution in [-0.2, 0) is 18.6 Å². The lowest BCUT2D eigenvalue weighted by Gasteiger charge is -2.32. The fraction of sp³-hybridized carbons (Fsp3) is 0.632. The fourth-order valence-electron chi connectivity index (χ4n) is 3.46. The summed E-state index contributed by atoms with van der Waals surface area (Å²) in [5.41, 5.74) is 21.8. The van der Waals surface area contributed by atoms with Gasteiger partial charge in [0.1, 0.15) is 0 Å². The van der Waals surface area contributed by atoms with Crippen LogP contribution in [0.5, 0.6) is 0 Å². The van der Waals surface area contributed by atoms with Crippen molar-refractivity contribution in [2.45, 2.75) is 71.2 Å². The number of hydrogen-bond donors (Lipinski definition) is 5. The molecule has 3 atom stereocenters. The van der Waals surface area contributed by atoms with Gasteiger partial charge in [0.15, 0.2) is 0 Å². The van der Waals surface area contributed by atoms with E-state index >= 15 is 0 Å². The number of nitrogens with one attached hydrogen (secondary N) is 3. The van der Waals surface area contributed by atoms with Crippen molar-refractivity contribution in [1.29, 1.82) is 0 Å². The average Bonchev–Trinajstić information content (AvgIpc) is 2.77. The number of nitrogens with two attached hydrogens (primary N) is 2. The number of guanidine groups is 1. The number of nitrogens with zero attached hydrogens (tertiary/aromatic N) is 1. The van der Waals surface area contributed by atoms with E-state index in [1.165, 1.54) is 17.5 Å². The van der Waals surface area contributed by atoms with Crippen LogP contribution in [0.15, 0.2) is 23.2 Å². The monoisotopic (exact) mass is 344 g/mol. The minimum atomic E-state index is -0.982. The van der Waals surface area contributed by atoms with E-state index in [1.54, 1.807) is 0 Å². The first-order valence-electron chi connectivity index (χ1n) is 9.23. The Morgan fingerprint density at radius 2 is 1.92 bits per heavy atom. The molecule has 0 radical (unpaired) electrons. The number of fused-ring (bicyclic) bond motifs is 1. The Balaban J connectivity index is 1.72. The summed E-state index contributed by atoms with van der Waals surface area (Å²) in [5.74, 6) is -0.665. The molecule has 1 aromatic rings. The zero-order chi connectivity index (χ0) is 18.2. The second kappa shape index (κ2) is 6.59. The number of rotatable bonds is 3. The lowest BCUT2D eigenvalue weighted by Crippen LogP contribution is -2.50. The predicted octanol–water partition coefficient (Wildman–Crippen LogP) is 1.45. The van der Waals surface area contributed by atoms with Gasteiger partial charge in [0.25, 0.3) is 0 Å². The van der Waals surface area contributed by atoms with Crippen LogP contribution in [0.25, 0.3) is 0 Å². The lowest BCUT2D eigenvalue weighted by molar-refractivity contribution is 0.254. The molecule has 0 spiro atoms. The third kappa shape index (κ3) is 3.97. The van der Waals surface area contributed by atoms with Crippen molar-refractivity contribution in [3.05, 3.63) is 34.9 Å². The van der Waals surface area contributed by atoms with Crippen LogP contribution in [0.1, 0.15) is 57.2 Å². The minimum absolute atomic E-state index is 0.275. The van der Waals surface area contributed by atoms with Gasteiger partial charge < -0.3 is 11.1 Å².